The van der Waals surface area contributed by atoms with Gasteiger partial charge in [-0.2, -0.15) is 0 Å². The van der Waals surface area contributed by atoms with Gasteiger partial charge in [0.15, 0.2) is 5.96 Å². The summed E-state index contributed by atoms with van der Waals surface area (Å²) < 4.78 is 5.32. The molecule has 1 aliphatic rings. The zero-order chi connectivity index (χ0) is 19.8. The number of benzene rings is 1. The normalized spacial score (nSPS) is 16.2. The fourth-order valence-electron chi connectivity index (χ4n) is 3.75. The maximum Gasteiger partial charge on any atom is 0.193 e. The van der Waals surface area contributed by atoms with Crippen molar-refractivity contribution in [2.24, 2.45) is 4.99 Å². The molecule has 2 heterocycles. The minimum atomic E-state index is 0.343. The van der Waals surface area contributed by atoms with E-state index in [2.05, 4.69) is 68.9 Å². The van der Waals surface area contributed by atoms with Crippen LogP contribution in [-0.2, 0) is 6.42 Å². The first-order valence-corrected chi connectivity index (χ1v) is 10.9. The first kappa shape index (κ1) is 20.7. The highest BCUT2D eigenvalue weighted by molar-refractivity contribution is 7.09. The average molecular weight is 401 g/mol. The van der Waals surface area contributed by atoms with Gasteiger partial charge in [-0.3, -0.25) is 9.89 Å². The van der Waals surface area contributed by atoms with E-state index in [1.165, 1.54) is 23.3 Å². The molecule has 1 atom stereocenters. The van der Waals surface area contributed by atoms with Crippen LogP contribution in [0.2, 0.25) is 0 Å². The van der Waals surface area contributed by atoms with Crippen LogP contribution in [-0.4, -0.2) is 63.1 Å². The first-order chi connectivity index (χ1) is 13.7. The molecule has 28 heavy (non-hydrogen) atoms. The van der Waals surface area contributed by atoms with Crippen molar-refractivity contribution in [3.63, 3.8) is 0 Å². The van der Waals surface area contributed by atoms with E-state index in [1.54, 1.807) is 7.11 Å². The summed E-state index contributed by atoms with van der Waals surface area (Å²) in [6.07, 6.45) is 3.60. The highest BCUT2D eigenvalue weighted by Gasteiger charge is 2.24. The topological polar surface area (TPSA) is 40.1 Å². The van der Waals surface area contributed by atoms with Gasteiger partial charge in [0.1, 0.15) is 5.75 Å². The molecular formula is C22H32N4OS. The largest absolute Gasteiger partial charge is 0.497 e. The summed E-state index contributed by atoms with van der Waals surface area (Å²) in [6, 6.07) is 13.1. The number of thiophene rings is 1. The summed E-state index contributed by atoms with van der Waals surface area (Å²) in [5.41, 5.74) is 1.33. The molecule has 1 fully saturated rings. The molecule has 0 bridgehead atoms. The Balaban J connectivity index is 1.62. The minimum Gasteiger partial charge on any atom is -0.497 e. The van der Waals surface area contributed by atoms with Gasteiger partial charge in [-0.25, -0.2) is 0 Å². The van der Waals surface area contributed by atoms with Crippen molar-refractivity contribution >= 4 is 17.3 Å². The number of hydrogen-bond acceptors (Lipinski definition) is 4. The van der Waals surface area contributed by atoms with Crippen molar-refractivity contribution in [2.45, 2.75) is 25.3 Å². The number of methoxy groups -OCH3 is 1. The molecule has 6 heteroatoms. The van der Waals surface area contributed by atoms with Gasteiger partial charge in [-0.15, -0.1) is 11.3 Å². The van der Waals surface area contributed by atoms with Crippen LogP contribution in [0, 0.1) is 0 Å². The van der Waals surface area contributed by atoms with Gasteiger partial charge in [0.25, 0.3) is 0 Å². The van der Waals surface area contributed by atoms with Crippen LogP contribution in [0.3, 0.4) is 0 Å². The van der Waals surface area contributed by atoms with Crippen molar-refractivity contribution in [1.29, 1.82) is 0 Å². The van der Waals surface area contributed by atoms with Gasteiger partial charge in [-0.05, 0) is 61.5 Å². The third-order valence-electron chi connectivity index (χ3n) is 5.38. The zero-order valence-corrected chi connectivity index (χ0v) is 18.0. The van der Waals surface area contributed by atoms with E-state index in [-0.39, 0.29) is 0 Å². The number of guanidine groups is 1. The lowest BCUT2D eigenvalue weighted by Gasteiger charge is -2.30. The summed E-state index contributed by atoms with van der Waals surface area (Å²) in [6.45, 7) is 4.12. The second-order valence-corrected chi connectivity index (χ2v) is 8.24. The molecule has 152 valence electrons. The molecular weight excluding hydrogens is 368 g/mol. The molecule has 1 N–H and O–H groups in total. The van der Waals surface area contributed by atoms with Crippen LogP contribution >= 0.6 is 11.3 Å². The van der Waals surface area contributed by atoms with Crippen molar-refractivity contribution in [2.75, 3.05) is 47.4 Å². The molecule has 2 aromatic rings. The molecule has 1 aromatic carbocycles. The Bertz CT molecular complexity index is 724. The second-order valence-electron chi connectivity index (χ2n) is 7.21. The molecule has 0 amide bonds. The van der Waals surface area contributed by atoms with Crippen molar-refractivity contribution in [1.82, 2.24) is 15.1 Å². The standard InChI is InChI=1S/C22H32N4OS/c1-23-22(25(2)15-12-20-7-6-16-28-20)24-17-21(26-13-4-5-14-26)18-8-10-19(27-3)11-9-18/h6-11,16,21H,4-5,12-15,17H2,1-3H3,(H,23,24). The lowest BCUT2D eigenvalue weighted by Crippen LogP contribution is -2.44. The van der Waals surface area contributed by atoms with Crippen LogP contribution in [0.25, 0.3) is 0 Å². The summed E-state index contributed by atoms with van der Waals surface area (Å²) in [4.78, 5) is 10.7. The number of ether oxygens (including phenoxy) is 1. The third kappa shape index (κ3) is 5.49. The number of nitrogens with one attached hydrogen (secondary N) is 1. The predicted octanol–water partition coefficient (Wildman–Crippen LogP) is 3.64. The summed E-state index contributed by atoms with van der Waals surface area (Å²) in [5, 5.41) is 5.75. The Morgan fingerprint density at radius 2 is 2.00 bits per heavy atom. The predicted molar refractivity (Wildman–Crippen MR) is 119 cm³/mol. The number of rotatable bonds is 8. The molecule has 1 aliphatic heterocycles. The summed E-state index contributed by atoms with van der Waals surface area (Å²) in [5.74, 6) is 1.86. The van der Waals surface area contributed by atoms with Crippen molar-refractivity contribution in [3.8, 4) is 5.75 Å². The van der Waals surface area contributed by atoms with E-state index in [9.17, 15) is 0 Å². The van der Waals surface area contributed by atoms with Crippen LogP contribution < -0.4 is 10.1 Å². The lowest BCUT2D eigenvalue weighted by atomic mass is 10.1. The van der Waals surface area contributed by atoms with E-state index in [0.29, 0.717) is 6.04 Å². The smallest absolute Gasteiger partial charge is 0.193 e. The summed E-state index contributed by atoms with van der Waals surface area (Å²) in [7, 11) is 5.69. The second kappa shape index (κ2) is 10.5. The Morgan fingerprint density at radius 1 is 1.25 bits per heavy atom. The van der Waals surface area contributed by atoms with E-state index >= 15 is 0 Å². The van der Waals surface area contributed by atoms with E-state index < -0.39 is 0 Å². The number of likely N-dealkylation sites (N-methyl/N-ethyl adjacent to an activating group) is 1. The highest BCUT2D eigenvalue weighted by atomic mass is 32.1. The van der Waals surface area contributed by atoms with Crippen LogP contribution in [0.15, 0.2) is 46.8 Å². The molecule has 0 radical (unpaired) electrons. The first-order valence-electron chi connectivity index (χ1n) is 10.0. The SMILES string of the molecule is CN=C(NCC(c1ccc(OC)cc1)N1CCCC1)N(C)CCc1cccs1. The molecule has 3 rings (SSSR count). The van der Waals surface area contributed by atoms with Gasteiger partial charge in [0.2, 0.25) is 0 Å². The van der Waals surface area contributed by atoms with E-state index in [4.69, 9.17) is 4.74 Å². The minimum absolute atomic E-state index is 0.343. The van der Waals surface area contributed by atoms with Gasteiger partial charge < -0.3 is 15.0 Å². The molecule has 0 aliphatic carbocycles. The van der Waals surface area contributed by atoms with E-state index in [1.807, 2.05) is 18.4 Å². The number of likely N-dealkylation sites (tertiary alicyclic amines) is 1. The maximum atomic E-state index is 5.32. The molecule has 1 unspecified atom stereocenters. The summed E-state index contributed by atoms with van der Waals surface area (Å²) >= 11 is 1.82. The van der Waals surface area contributed by atoms with Crippen molar-refractivity contribution < 1.29 is 4.74 Å². The Labute approximate surface area is 173 Å². The maximum absolute atomic E-state index is 5.32. The van der Waals surface area contributed by atoms with Crippen LogP contribution in [0.1, 0.15) is 29.3 Å². The van der Waals surface area contributed by atoms with Gasteiger partial charge in [-0.1, -0.05) is 18.2 Å². The van der Waals surface area contributed by atoms with Crippen LogP contribution in [0.5, 0.6) is 5.75 Å². The Morgan fingerprint density at radius 3 is 2.61 bits per heavy atom. The monoisotopic (exact) mass is 400 g/mol. The fraction of sp³-hybridized carbons (Fsp3) is 0.500. The number of hydrogen-bond donors (Lipinski definition) is 1. The molecule has 0 spiro atoms. The quantitative estimate of drug-likeness (QED) is 0.542. The number of aliphatic imine (C=N–C) groups is 1. The highest BCUT2D eigenvalue weighted by Crippen LogP contribution is 2.26. The Kier molecular flexibility index (Phi) is 7.74. The average Bonchev–Trinajstić information content (AvgIpc) is 3.44. The number of nitrogens with zero attached hydrogens (tertiary/aromatic N) is 3. The fourth-order valence-corrected chi connectivity index (χ4v) is 4.45. The Hall–Kier alpha value is -2.05. The van der Waals surface area contributed by atoms with Gasteiger partial charge in [0.05, 0.1) is 13.2 Å². The third-order valence-corrected chi connectivity index (χ3v) is 6.32. The van der Waals surface area contributed by atoms with E-state index in [0.717, 1.165) is 44.3 Å². The molecule has 5 nitrogen and oxygen atoms in total. The van der Waals surface area contributed by atoms with Crippen molar-refractivity contribution in [3.05, 3.63) is 52.2 Å². The molecule has 1 saturated heterocycles. The van der Waals surface area contributed by atoms with Crippen LogP contribution in [0.4, 0.5) is 0 Å². The van der Waals surface area contributed by atoms with Gasteiger partial charge in [0, 0.05) is 32.1 Å². The molecule has 1 aromatic heterocycles. The lowest BCUT2D eigenvalue weighted by molar-refractivity contribution is 0.244. The zero-order valence-electron chi connectivity index (χ0n) is 17.2. The molecule has 0 saturated carbocycles. The van der Waals surface area contributed by atoms with Gasteiger partial charge >= 0.3 is 0 Å².